The summed E-state index contributed by atoms with van der Waals surface area (Å²) in [6.07, 6.45) is -4.65. The zero-order valence-corrected chi connectivity index (χ0v) is 13.9. The summed E-state index contributed by atoms with van der Waals surface area (Å²) in [5.41, 5.74) is -1.37. The van der Waals surface area contributed by atoms with E-state index in [1.165, 1.54) is 6.92 Å². The Morgan fingerprint density at radius 3 is 2.57 bits per heavy atom. The monoisotopic (exact) mass is 411 g/mol. The molecular formula is C13H7BrClF4N3O. The molecule has 0 N–H and O–H groups in total. The Kier molecular flexibility index (Phi) is 3.68. The third-order valence-electron chi connectivity index (χ3n) is 3.17. The molecule has 3 aromatic rings. The van der Waals surface area contributed by atoms with Crippen LogP contribution in [0, 0.1) is 12.7 Å². The third kappa shape index (κ3) is 2.51. The van der Waals surface area contributed by atoms with E-state index >= 15 is 0 Å². The molecule has 0 fully saturated rings. The van der Waals surface area contributed by atoms with Crippen molar-refractivity contribution in [1.29, 1.82) is 0 Å². The standard InChI is InChI=1S/C13H7BrClF4N3O/c1-4-20-10-7(6(16)3-5(15)11(10)23-4)9-8(14)12(13(17,18)19)22(2)21-9/h3H,1-2H3. The Labute approximate surface area is 140 Å². The van der Waals surface area contributed by atoms with Gasteiger partial charge in [0.25, 0.3) is 0 Å². The van der Waals surface area contributed by atoms with Gasteiger partial charge >= 0.3 is 6.18 Å². The number of hydrogen-bond acceptors (Lipinski definition) is 3. The summed E-state index contributed by atoms with van der Waals surface area (Å²) < 4.78 is 59.2. The molecule has 23 heavy (non-hydrogen) atoms. The second kappa shape index (κ2) is 5.20. The Bertz CT molecular complexity index is 932. The molecule has 0 aliphatic heterocycles. The van der Waals surface area contributed by atoms with E-state index < -0.39 is 17.7 Å². The second-order valence-corrected chi connectivity index (χ2v) is 5.96. The average Bonchev–Trinajstić information content (AvgIpc) is 2.90. The number of oxazole rings is 1. The van der Waals surface area contributed by atoms with Gasteiger partial charge in [0.05, 0.1) is 15.1 Å². The smallest absolute Gasteiger partial charge is 0.434 e. The molecule has 3 rings (SSSR count). The van der Waals surface area contributed by atoms with Gasteiger partial charge in [-0.05, 0) is 22.0 Å². The van der Waals surface area contributed by atoms with Crippen LogP contribution in [0.3, 0.4) is 0 Å². The highest BCUT2D eigenvalue weighted by Gasteiger charge is 2.39. The molecule has 0 aliphatic carbocycles. The number of aryl methyl sites for hydroxylation is 2. The summed E-state index contributed by atoms with van der Waals surface area (Å²) >= 11 is 8.75. The summed E-state index contributed by atoms with van der Waals surface area (Å²) in [4.78, 5) is 4.01. The van der Waals surface area contributed by atoms with Gasteiger partial charge in [-0.15, -0.1) is 0 Å². The Hall–Kier alpha value is -1.61. The number of benzene rings is 1. The largest absolute Gasteiger partial charge is 0.439 e. The maximum absolute atomic E-state index is 14.4. The fraction of sp³-hybridized carbons (Fsp3) is 0.231. The van der Waals surface area contributed by atoms with E-state index in [0.29, 0.717) is 4.68 Å². The van der Waals surface area contributed by atoms with Crippen molar-refractivity contribution in [2.24, 2.45) is 7.05 Å². The molecule has 0 amide bonds. The molecule has 122 valence electrons. The van der Waals surface area contributed by atoms with E-state index in [0.717, 1.165) is 13.1 Å². The van der Waals surface area contributed by atoms with E-state index in [2.05, 4.69) is 26.0 Å². The van der Waals surface area contributed by atoms with Crippen molar-refractivity contribution in [1.82, 2.24) is 14.8 Å². The van der Waals surface area contributed by atoms with E-state index in [9.17, 15) is 17.6 Å². The highest BCUT2D eigenvalue weighted by Crippen LogP contribution is 2.43. The first-order valence-corrected chi connectivity index (χ1v) is 7.33. The summed E-state index contributed by atoms with van der Waals surface area (Å²) in [5, 5.41) is 3.76. The summed E-state index contributed by atoms with van der Waals surface area (Å²) in [7, 11) is 1.12. The fourth-order valence-corrected chi connectivity index (χ4v) is 3.29. The molecule has 2 aromatic heterocycles. The van der Waals surface area contributed by atoms with Crippen LogP contribution in [0.4, 0.5) is 17.6 Å². The molecule has 0 radical (unpaired) electrons. The summed E-state index contributed by atoms with van der Waals surface area (Å²) in [5.74, 6) is -0.639. The molecular weight excluding hydrogens is 406 g/mol. The van der Waals surface area contributed by atoms with Crippen LogP contribution in [0.2, 0.25) is 5.02 Å². The first-order chi connectivity index (χ1) is 10.6. The zero-order chi connectivity index (χ0) is 17.1. The van der Waals surface area contributed by atoms with E-state index in [-0.39, 0.29) is 37.7 Å². The zero-order valence-electron chi connectivity index (χ0n) is 11.6. The lowest BCUT2D eigenvalue weighted by atomic mass is 10.1. The first-order valence-electron chi connectivity index (χ1n) is 6.16. The van der Waals surface area contributed by atoms with Crippen LogP contribution in [0.15, 0.2) is 15.0 Å². The molecule has 0 bridgehead atoms. The maximum Gasteiger partial charge on any atom is 0.434 e. The minimum atomic E-state index is -4.65. The van der Waals surface area contributed by atoms with Gasteiger partial charge in [-0.2, -0.15) is 18.3 Å². The van der Waals surface area contributed by atoms with Crippen molar-refractivity contribution >= 4 is 38.6 Å². The number of hydrogen-bond donors (Lipinski definition) is 0. The molecule has 0 spiro atoms. The minimum absolute atomic E-state index is 0.0139. The van der Waals surface area contributed by atoms with Gasteiger partial charge < -0.3 is 4.42 Å². The van der Waals surface area contributed by atoms with Crippen molar-refractivity contribution < 1.29 is 22.0 Å². The SMILES string of the molecule is Cc1nc2c(-c3nn(C)c(C(F)(F)F)c3Br)c(F)cc(Cl)c2o1. The molecule has 0 saturated heterocycles. The van der Waals surface area contributed by atoms with Crippen molar-refractivity contribution in [3.63, 3.8) is 0 Å². The molecule has 0 aliphatic rings. The number of alkyl halides is 3. The molecule has 0 atom stereocenters. The van der Waals surface area contributed by atoms with Crippen LogP contribution in [-0.2, 0) is 13.2 Å². The predicted molar refractivity (Wildman–Crippen MR) is 78.6 cm³/mol. The van der Waals surface area contributed by atoms with Gasteiger partial charge in [0.15, 0.2) is 17.2 Å². The summed E-state index contributed by atoms with van der Waals surface area (Å²) in [6, 6.07) is 0.957. The normalized spacial score (nSPS) is 12.3. The molecule has 1 aromatic carbocycles. The van der Waals surface area contributed by atoms with Crippen molar-refractivity contribution in [2.75, 3.05) is 0 Å². The fourth-order valence-electron chi connectivity index (χ4n) is 2.31. The van der Waals surface area contributed by atoms with Gasteiger partial charge in [-0.1, -0.05) is 11.6 Å². The van der Waals surface area contributed by atoms with Crippen molar-refractivity contribution in [3.8, 4) is 11.3 Å². The van der Waals surface area contributed by atoms with E-state index in [1.807, 2.05) is 0 Å². The number of nitrogens with zero attached hydrogens (tertiary/aromatic N) is 3. The Balaban J connectivity index is 2.39. The van der Waals surface area contributed by atoms with Crippen LogP contribution >= 0.6 is 27.5 Å². The van der Waals surface area contributed by atoms with Gasteiger partial charge in [-0.25, -0.2) is 9.37 Å². The van der Waals surface area contributed by atoms with Crippen LogP contribution in [0.25, 0.3) is 22.4 Å². The van der Waals surface area contributed by atoms with Crippen molar-refractivity contribution in [3.05, 3.63) is 33.0 Å². The van der Waals surface area contributed by atoms with Gasteiger partial charge in [-0.3, -0.25) is 4.68 Å². The van der Waals surface area contributed by atoms with Crippen LogP contribution in [-0.4, -0.2) is 14.8 Å². The van der Waals surface area contributed by atoms with Gasteiger partial charge in [0, 0.05) is 14.0 Å². The maximum atomic E-state index is 14.4. The Morgan fingerprint density at radius 1 is 1.35 bits per heavy atom. The van der Waals surface area contributed by atoms with Gasteiger partial charge in [0.1, 0.15) is 17.0 Å². The van der Waals surface area contributed by atoms with Crippen LogP contribution in [0.5, 0.6) is 0 Å². The number of halogens is 6. The number of fused-ring (bicyclic) bond motifs is 1. The molecule has 0 unspecified atom stereocenters. The lowest BCUT2D eigenvalue weighted by Crippen LogP contribution is -2.12. The number of rotatable bonds is 1. The lowest BCUT2D eigenvalue weighted by molar-refractivity contribution is -0.144. The quantitative estimate of drug-likeness (QED) is 0.522. The second-order valence-electron chi connectivity index (χ2n) is 4.76. The van der Waals surface area contributed by atoms with E-state index in [1.54, 1.807) is 0 Å². The molecule has 4 nitrogen and oxygen atoms in total. The molecule has 0 saturated carbocycles. The Morgan fingerprint density at radius 2 is 2.00 bits per heavy atom. The van der Waals surface area contributed by atoms with Gasteiger partial charge in [0.2, 0.25) is 0 Å². The topological polar surface area (TPSA) is 43.9 Å². The summed E-state index contributed by atoms with van der Waals surface area (Å²) in [6.45, 7) is 1.52. The van der Waals surface area contributed by atoms with Crippen molar-refractivity contribution in [2.45, 2.75) is 13.1 Å². The molecule has 2 heterocycles. The predicted octanol–water partition coefficient (Wildman–Crippen LogP) is 5.11. The molecule has 10 heteroatoms. The van der Waals surface area contributed by atoms with Crippen LogP contribution < -0.4 is 0 Å². The first kappa shape index (κ1) is 16.3. The third-order valence-corrected chi connectivity index (χ3v) is 4.21. The average molecular weight is 413 g/mol. The highest BCUT2D eigenvalue weighted by atomic mass is 79.9. The minimum Gasteiger partial charge on any atom is -0.439 e. The van der Waals surface area contributed by atoms with E-state index in [4.69, 9.17) is 16.0 Å². The lowest BCUT2D eigenvalue weighted by Gasteiger charge is -2.06. The van der Waals surface area contributed by atoms with Crippen LogP contribution in [0.1, 0.15) is 11.6 Å². The highest BCUT2D eigenvalue weighted by molar-refractivity contribution is 9.10. The number of aromatic nitrogens is 3.